The molecule has 0 aliphatic heterocycles. The molecule has 2 aromatic heterocycles. The quantitative estimate of drug-likeness (QED) is 0.689. The van der Waals surface area contributed by atoms with Gasteiger partial charge in [-0.2, -0.15) is 0 Å². The van der Waals surface area contributed by atoms with Crippen LogP contribution in [-0.4, -0.2) is 32.3 Å². The lowest BCUT2D eigenvalue weighted by atomic mass is 10.1. The molecular weight excluding hydrogens is 290 g/mol. The van der Waals surface area contributed by atoms with Gasteiger partial charge >= 0.3 is 0 Å². The smallest absolute Gasteiger partial charge is 0.203 e. The molecule has 0 aliphatic carbocycles. The molecule has 3 rings (SSSR count). The maximum absolute atomic E-state index is 10.3. The number of imidazole rings is 1. The fraction of sp³-hybridized carbons (Fsp3) is 0.294. The van der Waals surface area contributed by atoms with Gasteiger partial charge < -0.3 is 20.7 Å². The van der Waals surface area contributed by atoms with Gasteiger partial charge in [-0.1, -0.05) is 30.3 Å². The highest BCUT2D eigenvalue weighted by Gasteiger charge is 2.22. The third kappa shape index (κ3) is 2.85. The SMILES string of the molecule is CNc1nc2c(N)ncc(-c3ccccc3)c2n1CC(C)(C)O. The maximum atomic E-state index is 10.3. The van der Waals surface area contributed by atoms with Crippen molar-refractivity contribution < 1.29 is 5.11 Å². The molecule has 1 aromatic carbocycles. The van der Waals surface area contributed by atoms with Crippen LogP contribution in [-0.2, 0) is 6.54 Å². The van der Waals surface area contributed by atoms with Gasteiger partial charge in [-0.15, -0.1) is 0 Å². The number of aromatic nitrogens is 3. The summed E-state index contributed by atoms with van der Waals surface area (Å²) in [4.78, 5) is 8.83. The first-order valence-corrected chi connectivity index (χ1v) is 7.51. The number of hydrogen-bond acceptors (Lipinski definition) is 5. The van der Waals surface area contributed by atoms with Crippen molar-refractivity contribution in [2.24, 2.45) is 0 Å². The van der Waals surface area contributed by atoms with Gasteiger partial charge in [0.15, 0.2) is 5.82 Å². The lowest BCUT2D eigenvalue weighted by Gasteiger charge is -2.20. The molecule has 0 aliphatic rings. The number of pyridine rings is 1. The van der Waals surface area contributed by atoms with Crippen molar-refractivity contribution in [2.45, 2.75) is 26.0 Å². The number of rotatable bonds is 4. The fourth-order valence-corrected chi connectivity index (χ4v) is 2.72. The van der Waals surface area contributed by atoms with Crippen LogP contribution < -0.4 is 11.1 Å². The Kier molecular flexibility index (Phi) is 3.69. The van der Waals surface area contributed by atoms with Crippen LogP contribution in [0.2, 0.25) is 0 Å². The van der Waals surface area contributed by atoms with Crippen LogP contribution in [0.25, 0.3) is 22.2 Å². The number of nitrogens with zero attached hydrogens (tertiary/aromatic N) is 3. The van der Waals surface area contributed by atoms with E-state index in [-0.39, 0.29) is 0 Å². The van der Waals surface area contributed by atoms with E-state index >= 15 is 0 Å². The Morgan fingerprint density at radius 3 is 2.57 bits per heavy atom. The second kappa shape index (κ2) is 5.55. The molecule has 120 valence electrons. The van der Waals surface area contributed by atoms with E-state index in [4.69, 9.17) is 5.73 Å². The number of anilines is 2. The van der Waals surface area contributed by atoms with Gasteiger partial charge in [0.1, 0.15) is 5.52 Å². The molecule has 6 heteroatoms. The van der Waals surface area contributed by atoms with E-state index in [2.05, 4.69) is 15.3 Å². The van der Waals surface area contributed by atoms with Crippen molar-refractivity contribution in [3.05, 3.63) is 36.5 Å². The molecule has 0 radical (unpaired) electrons. The Morgan fingerprint density at radius 2 is 1.96 bits per heavy atom. The molecule has 6 nitrogen and oxygen atoms in total. The first-order chi connectivity index (χ1) is 10.9. The number of hydrogen-bond donors (Lipinski definition) is 3. The lowest BCUT2D eigenvalue weighted by molar-refractivity contribution is 0.0632. The third-order valence-electron chi connectivity index (χ3n) is 3.65. The van der Waals surface area contributed by atoms with E-state index in [0.29, 0.717) is 23.8 Å². The first-order valence-electron chi connectivity index (χ1n) is 7.51. The van der Waals surface area contributed by atoms with Gasteiger partial charge in [-0.25, -0.2) is 9.97 Å². The number of aliphatic hydroxyl groups is 1. The number of benzene rings is 1. The first kappa shape index (κ1) is 15.3. The molecule has 0 atom stereocenters. The van der Waals surface area contributed by atoms with Crippen LogP contribution in [0.1, 0.15) is 13.8 Å². The van der Waals surface area contributed by atoms with Crippen molar-refractivity contribution >= 4 is 22.8 Å². The Balaban J connectivity index is 2.34. The summed E-state index contributed by atoms with van der Waals surface area (Å²) in [5.41, 5.74) is 8.62. The molecule has 4 N–H and O–H groups in total. The van der Waals surface area contributed by atoms with Crippen molar-refractivity contribution in [3.63, 3.8) is 0 Å². The predicted octanol–water partition coefficient (Wildman–Crippen LogP) is 2.49. The molecule has 0 saturated carbocycles. The van der Waals surface area contributed by atoms with E-state index in [1.165, 1.54) is 0 Å². The van der Waals surface area contributed by atoms with Crippen LogP contribution in [0.4, 0.5) is 11.8 Å². The molecule has 0 bridgehead atoms. The van der Waals surface area contributed by atoms with Crippen molar-refractivity contribution in [2.75, 3.05) is 18.1 Å². The zero-order valence-corrected chi connectivity index (χ0v) is 13.5. The monoisotopic (exact) mass is 311 g/mol. The average Bonchev–Trinajstić information content (AvgIpc) is 2.86. The van der Waals surface area contributed by atoms with Gasteiger partial charge in [0.05, 0.1) is 17.7 Å². The minimum absolute atomic E-state index is 0.380. The molecule has 0 saturated heterocycles. The number of fused-ring (bicyclic) bond motifs is 1. The summed E-state index contributed by atoms with van der Waals surface area (Å²) in [5.74, 6) is 1.03. The van der Waals surface area contributed by atoms with Crippen LogP contribution in [0.15, 0.2) is 36.5 Å². The number of nitrogens with two attached hydrogens (primary N) is 1. The highest BCUT2D eigenvalue weighted by atomic mass is 16.3. The molecule has 0 spiro atoms. The summed E-state index contributed by atoms with van der Waals surface area (Å²) in [6.45, 7) is 3.93. The number of nitrogen functional groups attached to an aromatic ring is 1. The van der Waals surface area contributed by atoms with E-state index in [1.807, 2.05) is 34.9 Å². The Hall–Kier alpha value is -2.60. The standard InChI is InChI=1S/C17H21N5O/c1-17(2,23)10-22-14-12(11-7-5-4-6-8-11)9-20-15(18)13(14)21-16(22)19-3/h4-9,23H,10H2,1-3H3,(H2,18,20)(H,19,21). The molecular formula is C17H21N5O. The Morgan fingerprint density at radius 1 is 1.26 bits per heavy atom. The van der Waals surface area contributed by atoms with E-state index in [0.717, 1.165) is 16.6 Å². The summed E-state index contributed by atoms with van der Waals surface area (Å²) in [5, 5.41) is 13.3. The van der Waals surface area contributed by atoms with Gasteiger partial charge in [0, 0.05) is 18.8 Å². The molecule has 0 unspecified atom stereocenters. The van der Waals surface area contributed by atoms with Crippen molar-refractivity contribution in [1.29, 1.82) is 0 Å². The molecule has 3 aromatic rings. The van der Waals surface area contributed by atoms with Crippen LogP contribution >= 0.6 is 0 Å². The summed E-state index contributed by atoms with van der Waals surface area (Å²) in [6.07, 6.45) is 1.76. The lowest BCUT2D eigenvalue weighted by Crippen LogP contribution is -2.26. The minimum atomic E-state index is -0.884. The Labute approximate surface area is 135 Å². The topological polar surface area (TPSA) is 89.0 Å². The fourth-order valence-electron chi connectivity index (χ4n) is 2.72. The second-order valence-electron chi connectivity index (χ2n) is 6.20. The van der Waals surface area contributed by atoms with Gasteiger partial charge in [0.25, 0.3) is 0 Å². The third-order valence-corrected chi connectivity index (χ3v) is 3.65. The summed E-state index contributed by atoms with van der Waals surface area (Å²) in [7, 11) is 1.80. The zero-order valence-electron chi connectivity index (χ0n) is 13.5. The Bertz CT molecular complexity index is 834. The largest absolute Gasteiger partial charge is 0.389 e. The highest BCUT2D eigenvalue weighted by Crippen LogP contribution is 2.33. The van der Waals surface area contributed by atoms with E-state index in [1.54, 1.807) is 27.1 Å². The second-order valence-corrected chi connectivity index (χ2v) is 6.20. The molecule has 2 heterocycles. The predicted molar refractivity (Wildman–Crippen MR) is 93.2 cm³/mol. The van der Waals surface area contributed by atoms with E-state index < -0.39 is 5.60 Å². The zero-order chi connectivity index (χ0) is 16.6. The van der Waals surface area contributed by atoms with Gasteiger partial charge in [-0.3, -0.25) is 0 Å². The van der Waals surface area contributed by atoms with Crippen molar-refractivity contribution in [3.8, 4) is 11.1 Å². The summed E-state index contributed by atoms with van der Waals surface area (Å²) < 4.78 is 1.95. The minimum Gasteiger partial charge on any atom is -0.389 e. The van der Waals surface area contributed by atoms with Gasteiger partial charge in [0.2, 0.25) is 5.95 Å². The maximum Gasteiger partial charge on any atom is 0.203 e. The number of nitrogens with one attached hydrogen (secondary N) is 1. The van der Waals surface area contributed by atoms with Gasteiger partial charge in [-0.05, 0) is 19.4 Å². The average molecular weight is 311 g/mol. The van der Waals surface area contributed by atoms with E-state index in [9.17, 15) is 5.11 Å². The van der Waals surface area contributed by atoms with Crippen LogP contribution in [0.3, 0.4) is 0 Å². The normalized spacial score (nSPS) is 11.8. The van der Waals surface area contributed by atoms with Crippen molar-refractivity contribution in [1.82, 2.24) is 14.5 Å². The summed E-state index contributed by atoms with van der Waals surface area (Å²) >= 11 is 0. The molecule has 23 heavy (non-hydrogen) atoms. The highest BCUT2D eigenvalue weighted by molar-refractivity contribution is 5.98. The summed E-state index contributed by atoms with van der Waals surface area (Å²) in [6, 6.07) is 9.97. The molecule has 0 amide bonds. The van der Waals surface area contributed by atoms with Crippen LogP contribution in [0.5, 0.6) is 0 Å². The molecule has 0 fully saturated rings. The van der Waals surface area contributed by atoms with Crippen LogP contribution in [0, 0.1) is 0 Å².